The smallest absolute Gasteiger partial charge is 0.433 e. The lowest BCUT2D eigenvalue weighted by Gasteiger charge is -2.02. The third kappa shape index (κ3) is 2.76. The zero-order chi connectivity index (χ0) is 12.1. The number of hydrogen-bond donors (Lipinski definition) is 0. The van der Waals surface area contributed by atoms with Crippen LogP contribution in [0.3, 0.4) is 0 Å². The maximum atomic E-state index is 11.2. The molecule has 5 heteroatoms. The Hall–Kier alpha value is -2.01. The van der Waals surface area contributed by atoms with Gasteiger partial charge in [0.2, 0.25) is 0 Å². The average Bonchev–Trinajstić information content (AvgIpc) is 2.95. The summed E-state index contributed by atoms with van der Waals surface area (Å²) in [5, 5.41) is 3.87. The Kier molecular flexibility index (Phi) is 3.62. The SMILES string of the molecule is C=CCOC(=O)Oc1occc1-c1ccsc1. The molecule has 4 nitrogen and oxygen atoms in total. The largest absolute Gasteiger partial charge is 0.516 e. The fourth-order valence-electron chi connectivity index (χ4n) is 1.24. The van der Waals surface area contributed by atoms with E-state index in [2.05, 4.69) is 6.58 Å². The maximum absolute atomic E-state index is 11.2. The first-order valence-corrected chi connectivity index (χ1v) is 5.81. The van der Waals surface area contributed by atoms with Crippen molar-refractivity contribution in [3.05, 3.63) is 41.8 Å². The summed E-state index contributed by atoms with van der Waals surface area (Å²) in [4.78, 5) is 11.2. The van der Waals surface area contributed by atoms with E-state index < -0.39 is 6.16 Å². The van der Waals surface area contributed by atoms with Gasteiger partial charge in [-0.25, -0.2) is 4.79 Å². The van der Waals surface area contributed by atoms with E-state index in [9.17, 15) is 4.79 Å². The molecule has 0 fully saturated rings. The van der Waals surface area contributed by atoms with Gasteiger partial charge in [-0.05, 0) is 28.5 Å². The molecule has 0 bridgehead atoms. The maximum Gasteiger partial charge on any atom is 0.516 e. The zero-order valence-corrected chi connectivity index (χ0v) is 9.74. The molecule has 88 valence electrons. The molecular formula is C12H10O4S. The Labute approximate surface area is 102 Å². The third-order valence-corrected chi connectivity index (χ3v) is 2.64. The highest BCUT2D eigenvalue weighted by atomic mass is 32.1. The number of carbonyl (C=O) groups is 1. The van der Waals surface area contributed by atoms with Crippen LogP contribution in [0.1, 0.15) is 0 Å². The van der Waals surface area contributed by atoms with Crippen molar-refractivity contribution in [2.75, 3.05) is 6.61 Å². The second-order valence-electron chi connectivity index (χ2n) is 3.09. The van der Waals surface area contributed by atoms with Crippen LogP contribution in [0.4, 0.5) is 4.79 Å². The van der Waals surface area contributed by atoms with E-state index in [1.54, 1.807) is 17.4 Å². The fourth-order valence-corrected chi connectivity index (χ4v) is 1.89. The zero-order valence-electron chi connectivity index (χ0n) is 8.92. The molecule has 0 N–H and O–H groups in total. The molecule has 2 aromatic heterocycles. The Balaban J connectivity index is 2.09. The predicted octanol–water partition coefficient (Wildman–Crippen LogP) is 3.71. The van der Waals surface area contributed by atoms with Gasteiger partial charge in [-0.15, -0.1) is 0 Å². The van der Waals surface area contributed by atoms with Gasteiger partial charge in [0.1, 0.15) is 6.61 Å². The van der Waals surface area contributed by atoms with Crippen molar-refractivity contribution in [1.29, 1.82) is 0 Å². The lowest BCUT2D eigenvalue weighted by molar-refractivity contribution is 0.100. The summed E-state index contributed by atoms with van der Waals surface area (Å²) in [5.41, 5.74) is 1.66. The number of carbonyl (C=O) groups excluding carboxylic acids is 1. The van der Waals surface area contributed by atoms with Gasteiger partial charge in [0.15, 0.2) is 0 Å². The van der Waals surface area contributed by atoms with Crippen molar-refractivity contribution in [2.45, 2.75) is 0 Å². The average molecular weight is 250 g/mol. The van der Waals surface area contributed by atoms with Crippen LogP contribution >= 0.6 is 11.3 Å². The standard InChI is InChI=1S/C12H10O4S/c1-2-5-15-12(13)16-11-10(3-6-14-11)9-4-7-17-8-9/h2-4,6-8H,1,5H2. The second-order valence-corrected chi connectivity index (χ2v) is 3.87. The number of rotatable bonds is 4. The van der Waals surface area contributed by atoms with Crippen molar-refractivity contribution in [3.63, 3.8) is 0 Å². The van der Waals surface area contributed by atoms with Crippen molar-refractivity contribution < 1.29 is 18.7 Å². The molecule has 17 heavy (non-hydrogen) atoms. The predicted molar refractivity (Wildman–Crippen MR) is 64.2 cm³/mol. The van der Waals surface area contributed by atoms with Gasteiger partial charge in [0.25, 0.3) is 0 Å². The lowest BCUT2D eigenvalue weighted by atomic mass is 10.2. The van der Waals surface area contributed by atoms with E-state index in [0.29, 0.717) is 0 Å². The Morgan fingerprint density at radius 2 is 2.41 bits per heavy atom. The molecule has 0 aliphatic carbocycles. The molecule has 2 rings (SSSR count). The summed E-state index contributed by atoms with van der Waals surface area (Å²) in [5.74, 6) is 0.137. The van der Waals surface area contributed by atoms with Crippen molar-refractivity contribution in [1.82, 2.24) is 0 Å². The van der Waals surface area contributed by atoms with E-state index in [0.717, 1.165) is 11.1 Å². The van der Waals surface area contributed by atoms with Crippen LogP contribution in [0, 0.1) is 0 Å². The van der Waals surface area contributed by atoms with Crippen molar-refractivity contribution in [2.24, 2.45) is 0 Å². The van der Waals surface area contributed by atoms with E-state index in [-0.39, 0.29) is 12.6 Å². The molecule has 0 aliphatic heterocycles. The highest BCUT2D eigenvalue weighted by molar-refractivity contribution is 7.08. The van der Waals surface area contributed by atoms with Crippen LogP contribution in [0.25, 0.3) is 11.1 Å². The first-order chi connectivity index (χ1) is 8.31. The molecule has 2 aromatic rings. The van der Waals surface area contributed by atoms with Crippen LogP contribution in [-0.2, 0) is 4.74 Å². The third-order valence-electron chi connectivity index (χ3n) is 1.96. The highest BCUT2D eigenvalue weighted by Crippen LogP contribution is 2.32. The van der Waals surface area contributed by atoms with Crippen LogP contribution < -0.4 is 4.74 Å². The van der Waals surface area contributed by atoms with Gasteiger partial charge in [0, 0.05) is 0 Å². The lowest BCUT2D eigenvalue weighted by Crippen LogP contribution is -2.10. The van der Waals surface area contributed by atoms with Gasteiger partial charge in [-0.2, -0.15) is 11.3 Å². The normalized spacial score (nSPS) is 9.88. The summed E-state index contributed by atoms with van der Waals surface area (Å²) >= 11 is 1.55. The van der Waals surface area contributed by atoms with Gasteiger partial charge < -0.3 is 13.9 Å². The van der Waals surface area contributed by atoms with E-state index in [4.69, 9.17) is 13.9 Å². The minimum absolute atomic E-state index is 0.104. The minimum atomic E-state index is -0.809. The van der Waals surface area contributed by atoms with Gasteiger partial charge >= 0.3 is 12.1 Å². The first kappa shape index (κ1) is 11.5. The molecule has 0 saturated heterocycles. The summed E-state index contributed by atoms with van der Waals surface area (Å²) in [6, 6.07) is 3.65. The molecule has 0 saturated carbocycles. The summed E-state index contributed by atoms with van der Waals surface area (Å²) < 4.78 is 14.7. The Morgan fingerprint density at radius 3 is 3.12 bits per heavy atom. The molecule has 0 aliphatic rings. The molecule has 0 radical (unpaired) electrons. The number of hydrogen-bond acceptors (Lipinski definition) is 5. The van der Waals surface area contributed by atoms with E-state index in [1.165, 1.54) is 12.3 Å². The van der Waals surface area contributed by atoms with Crippen LogP contribution in [0.5, 0.6) is 5.95 Å². The summed E-state index contributed by atoms with van der Waals surface area (Å²) in [7, 11) is 0. The van der Waals surface area contributed by atoms with E-state index in [1.807, 2.05) is 16.8 Å². The molecule has 0 atom stereocenters. The van der Waals surface area contributed by atoms with Gasteiger partial charge in [-0.3, -0.25) is 0 Å². The first-order valence-electron chi connectivity index (χ1n) is 4.87. The molecule has 0 amide bonds. The van der Waals surface area contributed by atoms with Crippen LogP contribution in [0.15, 0.2) is 46.2 Å². The molecule has 0 unspecified atom stereocenters. The number of ether oxygens (including phenoxy) is 2. The molecular weight excluding hydrogens is 240 g/mol. The van der Waals surface area contributed by atoms with E-state index >= 15 is 0 Å². The van der Waals surface area contributed by atoms with Crippen LogP contribution in [0.2, 0.25) is 0 Å². The number of thiophene rings is 1. The second kappa shape index (κ2) is 5.36. The molecule has 0 spiro atoms. The fraction of sp³-hybridized carbons (Fsp3) is 0.0833. The molecule has 0 aromatic carbocycles. The minimum Gasteiger partial charge on any atom is -0.433 e. The number of furan rings is 1. The summed E-state index contributed by atoms with van der Waals surface area (Å²) in [6.45, 7) is 3.54. The molecule has 2 heterocycles. The monoisotopic (exact) mass is 250 g/mol. The summed E-state index contributed by atoms with van der Waals surface area (Å²) in [6.07, 6.45) is 2.11. The quantitative estimate of drug-likeness (QED) is 0.613. The van der Waals surface area contributed by atoms with Gasteiger partial charge in [0.05, 0.1) is 11.8 Å². The van der Waals surface area contributed by atoms with Crippen molar-refractivity contribution >= 4 is 17.5 Å². The van der Waals surface area contributed by atoms with Crippen LogP contribution in [-0.4, -0.2) is 12.8 Å². The van der Waals surface area contributed by atoms with Crippen molar-refractivity contribution in [3.8, 4) is 17.1 Å². The highest BCUT2D eigenvalue weighted by Gasteiger charge is 2.15. The van der Waals surface area contributed by atoms with Gasteiger partial charge in [-0.1, -0.05) is 12.7 Å². The Bertz CT molecular complexity index is 498. The topological polar surface area (TPSA) is 48.7 Å². The Morgan fingerprint density at radius 1 is 1.53 bits per heavy atom.